The third kappa shape index (κ3) is 4.22. The molecule has 1 amide bonds. The van der Waals surface area contributed by atoms with Crippen molar-refractivity contribution in [1.82, 2.24) is 9.88 Å². The van der Waals surface area contributed by atoms with Gasteiger partial charge in [0.1, 0.15) is 5.01 Å². The molecule has 4 rings (SSSR count). The first-order valence-electron chi connectivity index (χ1n) is 9.84. The first-order valence-corrected chi connectivity index (χ1v) is 10.7. The van der Waals surface area contributed by atoms with E-state index in [1.54, 1.807) is 11.3 Å². The molecule has 4 aromatic rings. The number of fused-ring (bicyclic) bond motifs is 1. The number of carbonyl (C=O) groups excluding carboxylic acids is 1. The van der Waals surface area contributed by atoms with Crippen molar-refractivity contribution in [3.05, 3.63) is 101 Å². The summed E-state index contributed by atoms with van der Waals surface area (Å²) in [7, 11) is 1.88. The SMILES string of the molecule is C[C@H](c1nc2ccccc2s1)N(C)C(=O)CC(c1ccccc1)c1ccccc1. The van der Waals surface area contributed by atoms with E-state index in [-0.39, 0.29) is 17.9 Å². The predicted molar refractivity (Wildman–Crippen MR) is 120 cm³/mol. The molecule has 1 atom stereocenters. The molecule has 146 valence electrons. The van der Waals surface area contributed by atoms with Gasteiger partial charge in [-0.15, -0.1) is 11.3 Å². The Kier molecular flexibility index (Phi) is 5.72. The molecule has 0 unspecified atom stereocenters. The minimum absolute atomic E-state index is 0.0370. The summed E-state index contributed by atoms with van der Waals surface area (Å²) < 4.78 is 1.15. The van der Waals surface area contributed by atoms with E-state index in [1.165, 1.54) is 0 Å². The van der Waals surface area contributed by atoms with E-state index >= 15 is 0 Å². The van der Waals surface area contributed by atoms with Crippen LogP contribution in [0.5, 0.6) is 0 Å². The quantitative estimate of drug-likeness (QED) is 0.395. The molecule has 0 aliphatic heterocycles. The molecule has 0 saturated heterocycles. The molecule has 0 radical (unpaired) electrons. The van der Waals surface area contributed by atoms with Crippen molar-refractivity contribution >= 4 is 27.5 Å². The smallest absolute Gasteiger partial charge is 0.223 e. The second-order valence-electron chi connectivity index (χ2n) is 7.28. The van der Waals surface area contributed by atoms with Gasteiger partial charge in [-0.1, -0.05) is 72.8 Å². The van der Waals surface area contributed by atoms with Crippen LogP contribution in [0.15, 0.2) is 84.9 Å². The fourth-order valence-corrected chi connectivity index (χ4v) is 4.63. The van der Waals surface area contributed by atoms with E-state index in [1.807, 2.05) is 66.5 Å². The summed E-state index contributed by atoms with van der Waals surface area (Å²) in [6, 6.07) is 28.6. The van der Waals surface area contributed by atoms with Crippen molar-refractivity contribution in [3.8, 4) is 0 Å². The average molecular weight is 401 g/mol. The van der Waals surface area contributed by atoms with E-state index in [0.29, 0.717) is 6.42 Å². The number of carbonyl (C=O) groups is 1. The molecule has 0 aliphatic rings. The van der Waals surface area contributed by atoms with Crippen LogP contribution in [-0.4, -0.2) is 22.8 Å². The van der Waals surface area contributed by atoms with Gasteiger partial charge in [0.15, 0.2) is 0 Å². The molecule has 3 aromatic carbocycles. The van der Waals surface area contributed by atoms with Gasteiger partial charge in [0.05, 0.1) is 16.3 Å². The Morgan fingerprint density at radius 2 is 1.45 bits per heavy atom. The third-order valence-corrected chi connectivity index (χ3v) is 6.63. The first kappa shape index (κ1) is 19.3. The maximum absolute atomic E-state index is 13.2. The van der Waals surface area contributed by atoms with E-state index in [2.05, 4.69) is 37.3 Å². The van der Waals surface area contributed by atoms with Gasteiger partial charge >= 0.3 is 0 Å². The Morgan fingerprint density at radius 3 is 2.03 bits per heavy atom. The number of hydrogen-bond donors (Lipinski definition) is 0. The van der Waals surface area contributed by atoms with Crippen LogP contribution in [0.2, 0.25) is 0 Å². The lowest BCUT2D eigenvalue weighted by Crippen LogP contribution is -2.30. The van der Waals surface area contributed by atoms with Crippen molar-refractivity contribution in [2.24, 2.45) is 0 Å². The molecule has 3 nitrogen and oxygen atoms in total. The average Bonchev–Trinajstić information content (AvgIpc) is 3.22. The van der Waals surface area contributed by atoms with Crippen LogP contribution in [0.25, 0.3) is 10.2 Å². The van der Waals surface area contributed by atoms with Gasteiger partial charge in [-0.25, -0.2) is 4.98 Å². The molecule has 4 heteroatoms. The topological polar surface area (TPSA) is 33.2 Å². The largest absolute Gasteiger partial charge is 0.337 e. The van der Waals surface area contributed by atoms with Crippen LogP contribution in [0, 0.1) is 0 Å². The van der Waals surface area contributed by atoms with Gasteiger partial charge in [0.25, 0.3) is 0 Å². The second-order valence-corrected chi connectivity index (χ2v) is 8.34. The Hall–Kier alpha value is -2.98. The van der Waals surface area contributed by atoms with Gasteiger partial charge in [-0.2, -0.15) is 0 Å². The van der Waals surface area contributed by atoms with Gasteiger partial charge in [-0.3, -0.25) is 4.79 Å². The molecule has 0 aliphatic carbocycles. The standard InChI is InChI=1S/C25H24N2OS/c1-18(25-26-22-15-9-10-16-23(22)29-25)27(2)24(28)17-21(19-11-5-3-6-12-19)20-13-7-4-8-14-20/h3-16,18,21H,17H2,1-2H3/t18-/m1/s1. The predicted octanol–water partition coefficient (Wildman–Crippen LogP) is 6.04. The second kappa shape index (κ2) is 8.58. The van der Waals surface area contributed by atoms with Gasteiger partial charge < -0.3 is 4.90 Å². The summed E-state index contributed by atoms with van der Waals surface area (Å²) in [5.41, 5.74) is 3.31. The minimum atomic E-state index is -0.0629. The Morgan fingerprint density at radius 1 is 0.897 bits per heavy atom. The lowest BCUT2D eigenvalue weighted by atomic mass is 9.88. The maximum Gasteiger partial charge on any atom is 0.223 e. The summed E-state index contributed by atoms with van der Waals surface area (Å²) in [6.07, 6.45) is 0.430. The number of amides is 1. The van der Waals surface area contributed by atoms with Crippen molar-refractivity contribution in [3.63, 3.8) is 0 Å². The van der Waals surface area contributed by atoms with Crippen molar-refractivity contribution in [2.75, 3.05) is 7.05 Å². The lowest BCUT2D eigenvalue weighted by Gasteiger charge is -2.26. The first-order chi connectivity index (χ1) is 14.1. The Bertz CT molecular complexity index is 1020. The summed E-state index contributed by atoms with van der Waals surface area (Å²) in [4.78, 5) is 19.8. The molecular weight excluding hydrogens is 376 g/mol. The minimum Gasteiger partial charge on any atom is -0.337 e. The molecule has 29 heavy (non-hydrogen) atoms. The number of benzene rings is 3. The van der Waals surface area contributed by atoms with E-state index in [4.69, 9.17) is 4.98 Å². The molecule has 0 N–H and O–H groups in total. The van der Waals surface area contributed by atoms with Crippen LogP contribution in [0.3, 0.4) is 0 Å². The number of thiazole rings is 1. The van der Waals surface area contributed by atoms with Crippen molar-refractivity contribution < 1.29 is 4.79 Å². The highest BCUT2D eigenvalue weighted by Crippen LogP contribution is 2.32. The zero-order valence-corrected chi connectivity index (χ0v) is 17.5. The summed E-state index contributed by atoms with van der Waals surface area (Å²) >= 11 is 1.66. The Balaban J connectivity index is 1.56. The number of hydrogen-bond acceptors (Lipinski definition) is 3. The van der Waals surface area contributed by atoms with Crippen molar-refractivity contribution in [2.45, 2.75) is 25.3 Å². The summed E-state index contributed by atoms with van der Waals surface area (Å²) in [5.74, 6) is 0.157. The zero-order chi connectivity index (χ0) is 20.2. The van der Waals surface area contributed by atoms with Crippen LogP contribution in [-0.2, 0) is 4.79 Å². The monoisotopic (exact) mass is 400 g/mol. The van der Waals surface area contributed by atoms with Crippen LogP contribution < -0.4 is 0 Å². The highest BCUT2D eigenvalue weighted by Gasteiger charge is 2.25. The fourth-order valence-electron chi connectivity index (χ4n) is 3.57. The number of nitrogens with zero attached hydrogens (tertiary/aromatic N) is 2. The normalized spacial score (nSPS) is 12.2. The van der Waals surface area contributed by atoms with Crippen molar-refractivity contribution in [1.29, 1.82) is 0 Å². The summed E-state index contributed by atoms with van der Waals surface area (Å²) in [5, 5.41) is 0.970. The molecule has 0 fully saturated rings. The molecule has 0 saturated carbocycles. The Labute approximate surface area is 175 Å². The van der Waals surface area contributed by atoms with Gasteiger partial charge in [-0.05, 0) is 30.2 Å². The van der Waals surface area contributed by atoms with Gasteiger partial charge in [0.2, 0.25) is 5.91 Å². The molecule has 1 heterocycles. The fraction of sp³-hybridized carbons (Fsp3) is 0.200. The molecule has 0 bridgehead atoms. The zero-order valence-electron chi connectivity index (χ0n) is 16.7. The van der Waals surface area contributed by atoms with Crippen LogP contribution in [0.1, 0.15) is 41.4 Å². The molecule has 0 spiro atoms. The molecular formula is C25H24N2OS. The lowest BCUT2D eigenvalue weighted by molar-refractivity contribution is -0.132. The van der Waals surface area contributed by atoms with Crippen LogP contribution >= 0.6 is 11.3 Å². The number of aromatic nitrogens is 1. The molecule has 1 aromatic heterocycles. The van der Waals surface area contributed by atoms with E-state index < -0.39 is 0 Å². The van der Waals surface area contributed by atoms with Crippen LogP contribution in [0.4, 0.5) is 0 Å². The van der Waals surface area contributed by atoms with Gasteiger partial charge in [0, 0.05) is 19.4 Å². The highest BCUT2D eigenvalue weighted by atomic mass is 32.1. The highest BCUT2D eigenvalue weighted by molar-refractivity contribution is 7.18. The maximum atomic E-state index is 13.2. The number of para-hydroxylation sites is 1. The summed E-state index contributed by atoms with van der Waals surface area (Å²) in [6.45, 7) is 2.05. The van der Waals surface area contributed by atoms with E-state index in [9.17, 15) is 4.79 Å². The number of rotatable bonds is 6. The third-order valence-electron chi connectivity index (χ3n) is 5.42. The van der Waals surface area contributed by atoms with E-state index in [0.717, 1.165) is 26.4 Å².